The number of nitrogens with zero attached hydrogens (tertiary/aromatic N) is 1. The summed E-state index contributed by atoms with van der Waals surface area (Å²) in [6, 6.07) is 7.03. The molecule has 0 bridgehead atoms. The van der Waals surface area contributed by atoms with Crippen molar-refractivity contribution >= 4 is 11.6 Å². The van der Waals surface area contributed by atoms with E-state index in [2.05, 4.69) is 0 Å². The number of carbonyl (C=O) groups is 1. The van der Waals surface area contributed by atoms with Gasteiger partial charge in [0.25, 0.3) is 5.91 Å². The highest BCUT2D eigenvalue weighted by atomic mass is 16.5. The van der Waals surface area contributed by atoms with Crippen molar-refractivity contribution in [3.63, 3.8) is 0 Å². The number of hydrogen-bond donors (Lipinski definition) is 1. The number of anilines is 1. The molecular weight excluding hydrogens is 232 g/mol. The molecule has 1 saturated heterocycles. The van der Waals surface area contributed by atoms with E-state index in [-0.39, 0.29) is 12.0 Å². The van der Waals surface area contributed by atoms with Gasteiger partial charge >= 0.3 is 0 Å². The van der Waals surface area contributed by atoms with Crippen LogP contribution in [-0.2, 0) is 9.47 Å². The number of morpholine rings is 1. The minimum atomic E-state index is -0.0474. The maximum atomic E-state index is 12.3. The van der Waals surface area contributed by atoms with Gasteiger partial charge in [0, 0.05) is 31.5 Å². The summed E-state index contributed by atoms with van der Waals surface area (Å²) in [5, 5.41) is 0. The van der Waals surface area contributed by atoms with Gasteiger partial charge in [-0.15, -0.1) is 0 Å². The zero-order valence-electron chi connectivity index (χ0n) is 10.5. The molecule has 0 aliphatic carbocycles. The van der Waals surface area contributed by atoms with Crippen molar-refractivity contribution in [3.05, 3.63) is 29.8 Å². The number of benzene rings is 1. The van der Waals surface area contributed by atoms with Crippen molar-refractivity contribution in [1.82, 2.24) is 4.90 Å². The van der Waals surface area contributed by atoms with Crippen LogP contribution in [0.2, 0.25) is 0 Å². The van der Waals surface area contributed by atoms with Gasteiger partial charge in [-0.05, 0) is 18.2 Å². The zero-order valence-corrected chi connectivity index (χ0v) is 10.5. The van der Waals surface area contributed by atoms with Crippen LogP contribution in [0.3, 0.4) is 0 Å². The fourth-order valence-electron chi connectivity index (χ4n) is 2.04. The molecule has 0 spiro atoms. The van der Waals surface area contributed by atoms with Gasteiger partial charge in [0.05, 0.1) is 19.3 Å². The van der Waals surface area contributed by atoms with Crippen LogP contribution >= 0.6 is 0 Å². The Morgan fingerprint density at radius 2 is 2.44 bits per heavy atom. The van der Waals surface area contributed by atoms with Crippen LogP contribution in [0.1, 0.15) is 10.4 Å². The number of nitrogens with two attached hydrogens (primary N) is 1. The highest BCUT2D eigenvalue weighted by molar-refractivity contribution is 5.95. The summed E-state index contributed by atoms with van der Waals surface area (Å²) in [4.78, 5) is 14.1. The summed E-state index contributed by atoms with van der Waals surface area (Å²) in [5.74, 6) is -0.00768. The van der Waals surface area contributed by atoms with Crippen molar-refractivity contribution in [1.29, 1.82) is 0 Å². The van der Waals surface area contributed by atoms with Gasteiger partial charge in [-0.2, -0.15) is 0 Å². The molecule has 1 unspecified atom stereocenters. The first-order valence-corrected chi connectivity index (χ1v) is 5.96. The van der Waals surface area contributed by atoms with Gasteiger partial charge in [0.2, 0.25) is 0 Å². The molecule has 1 aromatic carbocycles. The molecule has 0 saturated carbocycles. The van der Waals surface area contributed by atoms with E-state index in [1.807, 2.05) is 0 Å². The Labute approximate surface area is 106 Å². The molecule has 2 rings (SSSR count). The molecule has 1 amide bonds. The Balaban J connectivity index is 2.04. The van der Waals surface area contributed by atoms with Gasteiger partial charge in [-0.1, -0.05) is 6.07 Å². The molecule has 1 heterocycles. The standard InChI is InChI=1S/C13H18N2O3/c1-17-9-12-8-15(5-6-18-12)13(16)10-3-2-4-11(14)7-10/h2-4,7,12H,5-6,8-9,14H2,1H3. The third kappa shape index (κ3) is 3.00. The van der Waals surface area contributed by atoms with Crippen LogP contribution < -0.4 is 5.73 Å². The predicted octanol–water partition coefficient (Wildman–Crippen LogP) is 0.756. The van der Waals surface area contributed by atoms with Crippen molar-refractivity contribution in [2.24, 2.45) is 0 Å². The SMILES string of the molecule is COCC1CN(C(=O)c2cccc(N)c2)CCO1. The van der Waals surface area contributed by atoms with Crippen LogP contribution in [0.5, 0.6) is 0 Å². The summed E-state index contributed by atoms with van der Waals surface area (Å²) < 4.78 is 10.6. The molecule has 98 valence electrons. The maximum Gasteiger partial charge on any atom is 0.254 e. The monoisotopic (exact) mass is 250 g/mol. The zero-order chi connectivity index (χ0) is 13.0. The molecule has 1 atom stereocenters. The molecule has 1 aliphatic heterocycles. The minimum Gasteiger partial charge on any atom is -0.399 e. The van der Waals surface area contributed by atoms with Gasteiger partial charge in [0.15, 0.2) is 0 Å². The lowest BCUT2D eigenvalue weighted by atomic mass is 10.1. The summed E-state index contributed by atoms with van der Waals surface area (Å²) in [6.45, 7) is 2.21. The van der Waals surface area contributed by atoms with E-state index in [0.29, 0.717) is 37.6 Å². The summed E-state index contributed by atoms with van der Waals surface area (Å²) in [6.07, 6.45) is -0.0474. The molecule has 1 aliphatic rings. The molecule has 2 N–H and O–H groups in total. The Kier molecular flexibility index (Phi) is 4.17. The lowest BCUT2D eigenvalue weighted by Crippen LogP contribution is -2.47. The quantitative estimate of drug-likeness (QED) is 0.804. The number of methoxy groups -OCH3 is 1. The molecule has 5 heteroatoms. The van der Waals surface area contributed by atoms with Crippen LogP contribution in [-0.4, -0.2) is 50.3 Å². The third-order valence-corrected chi connectivity index (χ3v) is 2.91. The number of amides is 1. The third-order valence-electron chi connectivity index (χ3n) is 2.91. The average Bonchev–Trinajstić information content (AvgIpc) is 2.39. The number of ether oxygens (including phenoxy) is 2. The van der Waals surface area contributed by atoms with E-state index in [1.165, 1.54) is 0 Å². The van der Waals surface area contributed by atoms with Crippen molar-refractivity contribution in [3.8, 4) is 0 Å². The van der Waals surface area contributed by atoms with Crippen LogP contribution in [0, 0.1) is 0 Å². The van der Waals surface area contributed by atoms with Crippen molar-refractivity contribution in [2.45, 2.75) is 6.10 Å². The molecule has 18 heavy (non-hydrogen) atoms. The fourth-order valence-corrected chi connectivity index (χ4v) is 2.04. The number of rotatable bonds is 3. The predicted molar refractivity (Wildman–Crippen MR) is 68.4 cm³/mol. The van der Waals surface area contributed by atoms with E-state index < -0.39 is 0 Å². The first kappa shape index (κ1) is 12.9. The molecule has 1 fully saturated rings. The smallest absolute Gasteiger partial charge is 0.254 e. The van der Waals surface area contributed by atoms with Gasteiger partial charge in [-0.25, -0.2) is 0 Å². The van der Waals surface area contributed by atoms with E-state index in [0.717, 1.165) is 0 Å². The Hall–Kier alpha value is -1.59. The topological polar surface area (TPSA) is 64.8 Å². The summed E-state index contributed by atoms with van der Waals surface area (Å²) in [7, 11) is 1.63. The second-order valence-electron chi connectivity index (χ2n) is 4.32. The highest BCUT2D eigenvalue weighted by Gasteiger charge is 2.24. The van der Waals surface area contributed by atoms with E-state index in [4.69, 9.17) is 15.2 Å². The lowest BCUT2D eigenvalue weighted by Gasteiger charge is -2.32. The van der Waals surface area contributed by atoms with Gasteiger partial charge < -0.3 is 20.1 Å². The van der Waals surface area contributed by atoms with Crippen LogP contribution in [0.4, 0.5) is 5.69 Å². The van der Waals surface area contributed by atoms with Crippen LogP contribution in [0.25, 0.3) is 0 Å². The maximum absolute atomic E-state index is 12.3. The molecule has 0 radical (unpaired) electrons. The molecule has 5 nitrogen and oxygen atoms in total. The van der Waals surface area contributed by atoms with E-state index in [9.17, 15) is 4.79 Å². The summed E-state index contributed by atoms with van der Waals surface area (Å²) in [5.41, 5.74) is 6.90. The van der Waals surface area contributed by atoms with Crippen molar-refractivity contribution in [2.75, 3.05) is 39.1 Å². The second-order valence-corrected chi connectivity index (χ2v) is 4.32. The van der Waals surface area contributed by atoms with E-state index in [1.54, 1.807) is 36.3 Å². The Morgan fingerprint density at radius 3 is 3.17 bits per heavy atom. The second kappa shape index (κ2) is 5.84. The van der Waals surface area contributed by atoms with Gasteiger partial charge in [-0.3, -0.25) is 4.79 Å². The van der Waals surface area contributed by atoms with E-state index >= 15 is 0 Å². The first-order valence-electron chi connectivity index (χ1n) is 5.96. The normalized spacial score (nSPS) is 19.8. The largest absolute Gasteiger partial charge is 0.399 e. The molecule has 0 aromatic heterocycles. The average molecular weight is 250 g/mol. The molecular formula is C13H18N2O3. The van der Waals surface area contributed by atoms with Crippen molar-refractivity contribution < 1.29 is 14.3 Å². The number of hydrogen-bond acceptors (Lipinski definition) is 4. The minimum absolute atomic E-state index is 0.00768. The fraction of sp³-hybridized carbons (Fsp3) is 0.462. The Bertz CT molecular complexity index is 420. The number of nitrogen functional groups attached to an aromatic ring is 1. The van der Waals surface area contributed by atoms with Crippen LogP contribution in [0.15, 0.2) is 24.3 Å². The Morgan fingerprint density at radius 1 is 1.61 bits per heavy atom. The summed E-state index contributed by atoms with van der Waals surface area (Å²) >= 11 is 0. The highest BCUT2D eigenvalue weighted by Crippen LogP contribution is 2.13. The number of carbonyl (C=O) groups excluding carboxylic acids is 1. The van der Waals surface area contributed by atoms with Gasteiger partial charge in [0.1, 0.15) is 0 Å². The molecule has 1 aromatic rings. The first-order chi connectivity index (χ1) is 8.70. The lowest BCUT2D eigenvalue weighted by molar-refractivity contribution is -0.0531.